The Labute approximate surface area is 111 Å². The van der Waals surface area contributed by atoms with Crippen molar-refractivity contribution < 1.29 is 14.3 Å². The van der Waals surface area contributed by atoms with Gasteiger partial charge in [0.25, 0.3) is 0 Å². The maximum atomic E-state index is 11.4. The van der Waals surface area contributed by atoms with Crippen LogP contribution < -0.4 is 4.74 Å². The second-order valence-corrected chi connectivity index (χ2v) is 3.74. The van der Waals surface area contributed by atoms with Crippen LogP contribution >= 0.6 is 0 Å². The molecular weight excluding hydrogens is 246 g/mol. The van der Waals surface area contributed by atoms with E-state index in [1.54, 1.807) is 36.1 Å². The SMILES string of the molecule is CCOC(=O)c1ccc(Oc2cnn(CC)c2)nc1. The molecule has 2 rings (SSSR count). The number of carbonyl (C=O) groups excluding carboxylic acids is 1. The molecule has 6 heteroatoms. The molecule has 2 heterocycles. The van der Waals surface area contributed by atoms with Crippen molar-refractivity contribution in [1.29, 1.82) is 0 Å². The lowest BCUT2D eigenvalue weighted by Crippen LogP contribution is -2.04. The molecule has 2 aromatic rings. The van der Waals surface area contributed by atoms with Crippen molar-refractivity contribution >= 4 is 5.97 Å². The summed E-state index contributed by atoms with van der Waals surface area (Å²) in [6.07, 6.45) is 4.82. The number of ether oxygens (including phenoxy) is 2. The molecule has 0 aliphatic rings. The number of aryl methyl sites for hydroxylation is 1. The molecule has 6 nitrogen and oxygen atoms in total. The predicted molar refractivity (Wildman–Crippen MR) is 68.2 cm³/mol. The number of hydrogen-bond acceptors (Lipinski definition) is 5. The zero-order chi connectivity index (χ0) is 13.7. The summed E-state index contributed by atoms with van der Waals surface area (Å²) in [5.41, 5.74) is 0.401. The minimum absolute atomic E-state index is 0.341. The summed E-state index contributed by atoms with van der Waals surface area (Å²) in [6.45, 7) is 4.86. The molecule has 2 aromatic heterocycles. The number of rotatable bonds is 5. The van der Waals surface area contributed by atoms with Crippen molar-refractivity contribution in [3.8, 4) is 11.6 Å². The molecule has 0 aliphatic carbocycles. The first kappa shape index (κ1) is 13.1. The van der Waals surface area contributed by atoms with Gasteiger partial charge in [-0.3, -0.25) is 4.68 Å². The fourth-order valence-electron chi connectivity index (χ4n) is 1.47. The van der Waals surface area contributed by atoms with Crippen LogP contribution in [0.3, 0.4) is 0 Å². The summed E-state index contributed by atoms with van der Waals surface area (Å²) < 4.78 is 12.1. The van der Waals surface area contributed by atoms with Gasteiger partial charge in [0.1, 0.15) is 0 Å². The highest BCUT2D eigenvalue weighted by atomic mass is 16.5. The molecule has 100 valence electrons. The monoisotopic (exact) mass is 261 g/mol. The van der Waals surface area contributed by atoms with E-state index < -0.39 is 0 Å². The highest BCUT2D eigenvalue weighted by Crippen LogP contribution is 2.18. The molecule has 0 aromatic carbocycles. The lowest BCUT2D eigenvalue weighted by molar-refractivity contribution is 0.0526. The minimum atomic E-state index is -0.389. The summed E-state index contributed by atoms with van der Waals surface area (Å²) in [7, 11) is 0. The summed E-state index contributed by atoms with van der Waals surface area (Å²) >= 11 is 0. The van der Waals surface area contributed by atoms with Crippen LogP contribution in [0.15, 0.2) is 30.7 Å². The van der Waals surface area contributed by atoms with Crippen molar-refractivity contribution in [2.45, 2.75) is 20.4 Å². The van der Waals surface area contributed by atoms with Gasteiger partial charge in [0.05, 0.1) is 24.6 Å². The van der Waals surface area contributed by atoms with E-state index in [2.05, 4.69) is 10.1 Å². The van der Waals surface area contributed by atoms with Crippen molar-refractivity contribution in [2.75, 3.05) is 6.61 Å². The van der Waals surface area contributed by atoms with Crippen molar-refractivity contribution in [3.05, 3.63) is 36.3 Å². The third-order valence-corrected chi connectivity index (χ3v) is 2.40. The Hall–Kier alpha value is -2.37. The Morgan fingerprint density at radius 2 is 2.16 bits per heavy atom. The van der Waals surface area contributed by atoms with Gasteiger partial charge in [-0.2, -0.15) is 5.10 Å². The van der Waals surface area contributed by atoms with Crippen LogP contribution in [0, 0.1) is 0 Å². The third kappa shape index (κ3) is 3.31. The van der Waals surface area contributed by atoms with Crippen LogP contribution in [0.4, 0.5) is 0 Å². The lowest BCUT2D eigenvalue weighted by atomic mass is 10.3. The number of nitrogens with zero attached hydrogens (tertiary/aromatic N) is 3. The van der Waals surface area contributed by atoms with Crippen molar-refractivity contribution in [2.24, 2.45) is 0 Å². The van der Waals surface area contributed by atoms with Gasteiger partial charge in [-0.15, -0.1) is 0 Å². The Morgan fingerprint density at radius 1 is 1.32 bits per heavy atom. The fourth-order valence-corrected chi connectivity index (χ4v) is 1.47. The molecule has 0 saturated heterocycles. The average molecular weight is 261 g/mol. The van der Waals surface area contributed by atoms with Crippen LogP contribution in [0.1, 0.15) is 24.2 Å². The number of esters is 1. The van der Waals surface area contributed by atoms with Gasteiger partial charge in [-0.25, -0.2) is 9.78 Å². The van der Waals surface area contributed by atoms with E-state index in [-0.39, 0.29) is 5.97 Å². The summed E-state index contributed by atoms with van der Waals surface area (Å²) in [4.78, 5) is 15.5. The molecule has 0 aliphatic heterocycles. The van der Waals surface area contributed by atoms with E-state index >= 15 is 0 Å². The molecule has 0 bridgehead atoms. The van der Waals surface area contributed by atoms with Crippen molar-refractivity contribution in [3.63, 3.8) is 0 Å². The quantitative estimate of drug-likeness (QED) is 0.772. The maximum absolute atomic E-state index is 11.4. The highest BCUT2D eigenvalue weighted by molar-refractivity contribution is 5.89. The van der Waals surface area contributed by atoms with Crippen LogP contribution in [0.2, 0.25) is 0 Å². The molecule has 0 N–H and O–H groups in total. The molecule has 0 radical (unpaired) electrons. The first-order valence-electron chi connectivity index (χ1n) is 6.06. The Bertz CT molecular complexity index is 549. The number of aromatic nitrogens is 3. The Kier molecular flexibility index (Phi) is 4.12. The van der Waals surface area contributed by atoms with E-state index in [1.165, 1.54) is 6.20 Å². The summed E-state index contributed by atoms with van der Waals surface area (Å²) in [5, 5.41) is 4.09. The number of hydrogen-bond donors (Lipinski definition) is 0. The second-order valence-electron chi connectivity index (χ2n) is 3.74. The summed E-state index contributed by atoms with van der Waals surface area (Å²) in [6, 6.07) is 3.24. The Morgan fingerprint density at radius 3 is 2.74 bits per heavy atom. The van der Waals surface area contributed by atoms with Gasteiger partial charge in [0, 0.05) is 18.8 Å². The molecular formula is C13H15N3O3. The van der Waals surface area contributed by atoms with Crippen molar-refractivity contribution in [1.82, 2.24) is 14.8 Å². The second kappa shape index (κ2) is 5.99. The predicted octanol–water partition coefficient (Wildman–Crippen LogP) is 2.27. The standard InChI is InChI=1S/C13H15N3O3/c1-3-16-9-11(8-15-16)19-12-6-5-10(7-14-12)13(17)18-4-2/h5-9H,3-4H2,1-2H3. The number of carbonyl (C=O) groups is 1. The fraction of sp³-hybridized carbons (Fsp3) is 0.308. The normalized spacial score (nSPS) is 10.2. The molecule has 0 unspecified atom stereocenters. The zero-order valence-corrected chi connectivity index (χ0v) is 10.9. The van der Waals surface area contributed by atoms with Gasteiger partial charge >= 0.3 is 5.97 Å². The smallest absolute Gasteiger partial charge is 0.339 e. The zero-order valence-electron chi connectivity index (χ0n) is 10.9. The first-order valence-corrected chi connectivity index (χ1v) is 6.06. The van der Waals surface area contributed by atoms with Gasteiger partial charge in [-0.05, 0) is 19.9 Å². The van der Waals surface area contributed by atoms with Crippen LogP contribution in [0.25, 0.3) is 0 Å². The topological polar surface area (TPSA) is 66.2 Å². The van der Waals surface area contributed by atoms with Gasteiger partial charge in [-0.1, -0.05) is 0 Å². The van der Waals surface area contributed by atoms with E-state index in [1.807, 2.05) is 6.92 Å². The largest absolute Gasteiger partial charge is 0.462 e. The van der Waals surface area contributed by atoms with Gasteiger partial charge < -0.3 is 9.47 Å². The van der Waals surface area contributed by atoms with E-state index in [0.717, 1.165) is 6.54 Å². The van der Waals surface area contributed by atoms with Crippen LogP contribution in [0.5, 0.6) is 11.6 Å². The average Bonchev–Trinajstić information content (AvgIpc) is 2.87. The van der Waals surface area contributed by atoms with E-state index in [0.29, 0.717) is 23.8 Å². The Balaban J connectivity index is 2.04. The maximum Gasteiger partial charge on any atom is 0.339 e. The third-order valence-electron chi connectivity index (χ3n) is 2.40. The molecule has 0 atom stereocenters. The lowest BCUT2D eigenvalue weighted by Gasteiger charge is -2.03. The summed E-state index contributed by atoms with van der Waals surface area (Å²) in [5.74, 6) is 0.627. The van der Waals surface area contributed by atoms with Crippen LogP contribution in [-0.4, -0.2) is 27.3 Å². The number of pyridine rings is 1. The first-order chi connectivity index (χ1) is 9.22. The highest BCUT2D eigenvalue weighted by Gasteiger charge is 2.07. The van der Waals surface area contributed by atoms with Gasteiger partial charge in [0.2, 0.25) is 5.88 Å². The molecule has 0 spiro atoms. The molecule has 0 amide bonds. The molecule has 0 fully saturated rings. The molecule has 0 saturated carbocycles. The van der Waals surface area contributed by atoms with E-state index in [4.69, 9.17) is 9.47 Å². The van der Waals surface area contributed by atoms with Crippen LogP contribution in [-0.2, 0) is 11.3 Å². The van der Waals surface area contributed by atoms with Gasteiger partial charge in [0.15, 0.2) is 5.75 Å². The minimum Gasteiger partial charge on any atom is -0.462 e. The van der Waals surface area contributed by atoms with E-state index in [9.17, 15) is 4.79 Å². The molecule has 19 heavy (non-hydrogen) atoms.